The maximum absolute atomic E-state index is 12.1. The number of aldehydes is 1. The molecule has 0 amide bonds. The second-order valence-electron chi connectivity index (χ2n) is 10.1. The highest BCUT2D eigenvalue weighted by atomic mass is 32.2. The molecular formula is C26H30N2OS3. The van der Waals surface area contributed by atoms with E-state index in [9.17, 15) is 4.79 Å². The molecule has 3 unspecified atom stereocenters. The van der Waals surface area contributed by atoms with Crippen LogP contribution in [0.1, 0.15) is 59.3 Å². The summed E-state index contributed by atoms with van der Waals surface area (Å²) in [6.45, 7) is 7.63. The summed E-state index contributed by atoms with van der Waals surface area (Å²) >= 11 is 8.05. The highest BCUT2D eigenvalue weighted by Crippen LogP contribution is 2.44. The molecule has 1 aromatic rings. The third-order valence-electron chi connectivity index (χ3n) is 7.00. The number of rotatable bonds is 4. The Morgan fingerprint density at radius 1 is 1.38 bits per heavy atom. The Morgan fingerprint density at radius 2 is 2.22 bits per heavy atom. The second-order valence-corrected chi connectivity index (χ2v) is 12.7. The maximum Gasteiger partial charge on any atom is 0.161 e. The van der Waals surface area contributed by atoms with Gasteiger partial charge in [-0.25, -0.2) is 0 Å². The fourth-order valence-electron chi connectivity index (χ4n) is 4.93. The number of thioether (sulfide) groups is 1. The first-order chi connectivity index (χ1) is 15.3. The van der Waals surface area contributed by atoms with Gasteiger partial charge < -0.3 is 5.32 Å². The monoisotopic (exact) mass is 482 g/mol. The fourth-order valence-corrected chi connectivity index (χ4v) is 7.60. The summed E-state index contributed by atoms with van der Waals surface area (Å²) in [5.41, 5.74) is 3.68. The van der Waals surface area contributed by atoms with Crippen molar-refractivity contribution in [2.45, 2.75) is 52.5 Å². The van der Waals surface area contributed by atoms with Crippen LogP contribution in [0.5, 0.6) is 0 Å². The number of fused-ring (bicyclic) bond motifs is 2. The van der Waals surface area contributed by atoms with Crippen molar-refractivity contribution >= 4 is 52.8 Å². The number of thiol groups is 1. The number of nitrogens with one attached hydrogen (secondary N) is 1. The molecule has 32 heavy (non-hydrogen) atoms. The van der Waals surface area contributed by atoms with E-state index < -0.39 is 0 Å². The van der Waals surface area contributed by atoms with Gasteiger partial charge in [-0.3, -0.25) is 9.79 Å². The summed E-state index contributed by atoms with van der Waals surface area (Å²) in [5, 5.41) is 4.56. The lowest BCUT2D eigenvalue weighted by atomic mass is 9.76. The van der Waals surface area contributed by atoms with Crippen LogP contribution in [-0.4, -0.2) is 24.0 Å². The predicted octanol–water partition coefficient (Wildman–Crippen LogP) is 6.44. The predicted molar refractivity (Wildman–Crippen MR) is 142 cm³/mol. The van der Waals surface area contributed by atoms with E-state index in [0.717, 1.165) is 52.6 Å². The molecule has 3 aliphatic carbocycles. The Balaban J connectivity index is 1.37. The van der Waals surface area contributed by atoms with Gasteiger partial charge in [-0.1, -0.05) is 56.8 Å². The molecule has 0 spiro atoms. The molecule has 6 heteroatoms. The van der Waals surface area contributed by atoms with Gasteiger partial charge in [0, 0.05) is 37.6 Å². The van der Waals surface area contributed by atoms with Crippen LogP contribution in [-0.2, 0) is 12.8 Å². The topological polar surface area (TPSA) is 41.5 Å². The molecule has 0 bridgehead atoms. The highest BCUT2D eigenvalue weighted by molar-refractivity contribution is 8.17. The van der Waals surface area contributed by atoms with Crippen LogP contribution in [0.4, 0.5) is 0 Å². The summed E-state index contributed by atoms with van der Waals surface area (Å²) < 4.78 is 0. The Bertz CT molecular complexity index is 1100. The van der Waals surface area contributed by atoms with Gasteiger partial charge in [0.25, 0.3) is 0 Å². The van der Waals surface area contributed by atoms with Crippen LogP contribution in [0.2, 0.25) is 0 Å². The standard InChI is InChI=1S/C26H30N2OS3/c1-15-4-5-16(24-20(14-29)19-12-26(2,3)9-8-22(19)31-24)10-17(15)13-27-25-28-21-7-6-18(30)11-23(21)32-25/h4-6,10-11,14-15,17,21,30H,7-9,12-13H2,1-3H3,(H,27,28). The Morgan fingerprint density at radius 3 is 3.03 bits per heavy atom. The van der Waals surface area contributed by atoms with E-state index in [1.165, 1.54) is 27.3 Å². The number of amidine groups is 1. The lowest BCUT2D eigenvalue weighted by Gasteiger charge is -2.29. The number of hydrogen-bond acceptors (Lipinski definition) is 5. The molecule has 3 atom stereocenters. The van der Waals surface area contributed by atoms with Crippen LogP contribution in [0, 0.1) is 17.3 Å². The first-order valence-corrected chi connectivity index (χ1v) is 13.5. The molecule has 1 aliphatic heterocycles. The number of aliphatic imine (C=N–C) groups is 1. The van der Waals surface area contributed by atoms with Gasteiger partial charge in [-0.05, 0) is 54.2 Å². The average molecular weight is 483 g/mol. The van der Waals surface area contributed by atoms with Gasteiger partial charge in [0.1, 0.15) is 0 Å². The summed E-state index contributed by atoms with van der Waals surface area (Å²) in [6, 6.07) is 0.348. The molecule has 2 heterocycles. The van der Waals surface area contributed by atoms with Gasteiger partial charge in [0.15, 0.2) is 11.5 Å². The zero-order valence-corrected chi connectivity index (χ0v) is 21.4. The van der Waals surface area contributed by atoms with Crippen LogP contribution < -0.4 is 5.32 Å². The van der Waals surface area contributed by atoms with Crippen molar-refractivity contribution < 1.29 is 4.79 Å². The van der Waals surface area contributed by atoms with Crippen LogP contribution >= 0.6 is 35.7 Å². The minimum absolute atomic E-state index is 0.273. The van der Waals surface area contributed by atoms with Crippen LogP contribution in [0.3, 0.4) is 0 Å². The number of carbonyl (C=O) groups excluding carboxylic acids is 1. The SMILES string of the molecule is CC1C=CC(c2sc3c(c2C=O)CC(C)(C)CC3)=CC1CN=C1NC2CC=C(S)C=C2S1. The van der Waals surface area contributed by atoms with Crippen molar-refractivity contribution in [2.24, 2.45) is 22.2 Å². The average Bonchev–Trinajstić information content (AvgIpc) is 3.32. The van der Waals surface area contributed by atoms with Gasteiger partial charge in [-0.15, -0.1) is 24.0 Å². The summed E-state index contributed by atoms with van der Waals surface area (Å²) in [6.07, 6.45) is 16.5. The lowest BCUT2D eigenvalue weighted by Crippen LogP contribution is -2.27. The molecule has 1 N–H and O–H groups in total. The molecule has 1 aromatic heterocycles. The van der Waals surface area contributed by atoms with E-state index in [4.69, 9.17) is 4.99 Å². The normalized spacial score (nSPS) is 29.6. The van der Waals surface area contributed by atoms with Crippen molar-refractivity contribution in [3.05, 3.63) is 61.1 Å². The Hall–Kier alpha value is -1.50. The molecule has 3 nitrogen and oxygen atoms in total. The molecule has 1 fully saturated rings. The van der Waals surface area contributed by atoms with E-state index in [0.29, 0.717) is 17.9 Å². The zero-order valence-electron chi connectivity index (χ0n) is 18.9. The zero-order chi connectivity index (χ0) is 22.5. The number of aryl methyl sites for hydroxylation is 1. The van der Waals surface area contributed by atoms with Crippen molar-refractivity contribution in [2.75, 3.05) is 6.54 Å². The van der Waals surface area contributed by atoms with Gasteiger partial charge in [-0.2, -0.15) is 0 Å². The molecule has 0 radical (unpaired) electrons. The quantitative estimate of drug-likeness (QED) is 0.383. The van der Waals surface area contributed by atoms with Crippen LogP contribution in [0.15, 0.2) is 45.2 Å². The van der Waals surface area contributed by atoms with Gasteiger partial charge >= 0.3 is 0 Å². The number of carbonyl (C=O) groups is 1. The van der Waals surface area contributed by atoms with Gasteiger partial charge in [0.05, 0.1) is 6.04 Å². The number of thiophene rings is 1. The van der Waals surface area contributed by atoms with Crippen molar-refractivity contribution in [3.63, 3.8) is 0 Å². The number of nitrogens with zero attached hydrogens (tertiary/aromatic N) is 1. The van der Waals surface area contributed by atoms with Crippen molar-refractivity contribution in [1.82, 2.24) is 5.32 Å². The Kier molecular flexibility index (Phi) is 6.06. The van der Waals surface area contributed by atoms with E-state index >= 15 is 0 Å². The van der Waals surface area contributed by atoms with Crippen molar-refractivity contribution in [1.29, 1.82) is 0 Å². The van der Waals surface area contributed by atoms with E-state index in [1.807, 2.05) is 11.3 Å². The fraction of sp³-hybridized carbons (Fsp3) is 0.462. The van der Waals surface area contributed by atoms with E-state index in [2.05, 4.69) is 69.1 Å². The molecular weight excluding hydrogens is 453 g/mol. The molecule has 0 aromatic carbocycles. The number of allylic oxidation sites excluding steroid dienone is 4. The molecule has 1 saturated heterocycles. The molecule has 5 rings (SSSR count). The first kappa shape index (κ1) is 22.3. The van der Waals surface area contributed by atoms with E-state index in [1.54, 1.807) is 11.8 Å². The second kappa shape index (κ2) is 8.69. The van der Waals surface area contributed by atoms with Crippen LogP contribution in [0.25, 0.3) is 5.57 Å². The van der Waals surface area contributed by atoms with Crippen molar-refractivity contribution in [3.8, 4) is 0 Å². The molecule has 168 valence electrons. The smallest absolute Gasteiger partial charge is 0.161 e. The molecule has 0 saturated carbocycles. The first-order valence-electron chi connectivity index (χ1n) is 11.4. The Labute approximate surface area is 204 Å². The summed E-state index contributed by atoms with van der Waals surface area (Å²) in [4.78, 5) is 22.0. The third-order valence-corrected chi connectivity index (χ3v) is 9.75. The van der Waals surface area contributed by atoms with E-state index in [-0.39, 0.29) is 5.41 Å². The highest BCUT2D eigenvalue weighted by Gasteiger charge is 2.32. The lowest BCUT2D eigenvalue weighted by molar-refractivity contribution is 0.112. The molecule has 4 aliphatic rings. The number of hydrogen-bond donors (Lipinski definition) is 2. The largest absolute Gasteiger partial charge is 0.357 e. The maximum atomic E-state index is 12.1. The minimum Gasteiger partial charge on any atom is -0.357 e. The minimum atomic E-state index is 0.273. The summed E-state index contributed by atoms with van der Waals surface area (Å²) in [7, 11) is 0. The summed E-state index contributed by atoms with van der Waals surface area (Å²) in [5.74, 6) is 0.755. The third kappa shape index (κ3) is 4.34. The van der Waals surface area contributed by atoms with Gasteiger partial charge in [0.2, 0.25) is 0 Å².